The lowest BCUT2D eigenvalue weighted by Gasteiger charge is -2.02. The van der Waals surface area contributed by atoms with Gasteiger partial charge >= 0.3 is 0 Å². The predicted molar refractivity (Wildman–Crippen MR) is 42.5 cm³/mol. The summed E-state index contributed by atoms with van der Waals surface area (Å²) in [6, 6.07) is 0.116. The average molecular weight is 168 g/mol. The van der Waals surface area contributed by atoms with Gasteiger partial charge in [0.1, 0.15) is 5.82 Å². The van der Waals surface area contributed by atoms with Crippen LogP contribution in [-0.4, -0.2) is 32.9 Å². The van der Waals surface area contributed by atoms with Crippen LogP contribution >= 0.6 is 0 Å². The van der Waals surface area contributed by atoms with E-state index in [4.69, 9.17) is 0 Å². The zero-order valence-corrected chi connectivity index (χ0v) is 6.91. The zero-order valence-electron chi connectivity index (χ0n) is 6.91. The van der Waals surface area contributed by atoms with Gasteiger partial charge in [-0.05, 0) is 13.3 Å². The Morgan fingerprint density at radius 1 is 1.58 bits per heavy atom. The summed E-state index contributed by atoms with van der Waals surface area (Å²) in [5.41, 5.74) is 0. The second kappa shape index (κ2) is 2.84. The molecule has 2 heterocycles. The third-order valence-electron chi connectivity index (χ3n) is 2.03. The number of aliphatic hydroxyl groups is 1. The van der Waals surface area contributed by atoms with Gasteiger partial charge in [-0.25, -0.2) is 4.98 Å². The fourth-order valence-electron chi connectivity index (χ4n) is 1.43. The van der Waals surface area contributed by atoms with Crippen LogP contribution in [0.1, 0.15) is 24.1 Å². The number of aryl methyl sites for hydroxylation is 1. The van der Waals surface area contributed by atoms with Crippen LogP contribution in [0.5, 0.6) is 0 Å². The molecule has 5 nitrogen and oxygen atoms in total. The van der Waals surface area contributed by atoms with Crippen molar-refractivity contribution in [2.75, 3.05) is 6.54 Å². The van der Waals surface area contributed by atoms with Gasteiger partial charge in [-0.15, -0.1) is 0 Å². The van der Waals surface area contributed by atoms with Crippen LogP contribution in [0.25, 0.3) is 0 Å². The molecule has 0 amide bonds. The highest BCUT2D eigenvalue weighted by atomic mass is 16.3. The molecule has 0 spiro atoms. The molecule has 1 aromatic heterocycles. The van der Waals surface area contributed by atoms with E-state index in [2.05, 4.69) is 20.5 Å². The Balaban J connectivity index is 2.11. The minimum Gasteiger partial charge on any atom is -0.392 e. The highest BCUT2D eigenvalue weighted by Crippen LogP contribution is 2.19. The number of H-pyrrole nitrogens is 1. The van der Waals surface area contributed by atoms with Gasteiger partial charge in [0.15, 0.2) is 5.82 Å². The smallest absolute Gasteiger partial charge is 0.167 e. The zero-order chi connectivity index (χ0) is 8.55. The number of rotatable bonds is 1. The van der Waals surface area contributed by atoms with Crippen LogP contribution in [0, 0.1) is 6.92 Å². The van der Waals surface area contributed by atoms with Gasteiger partial charge in [0.05, 0.1) is 12.1 Å². The van der Waals surface area contributed by atoms with E-state index in [-0.39, 0.29) is 12.1 Å². The molecular weight excluding hydrogens is 156 g/mol. The summed E-state index contributed by atoms with van der Waals surface area (Å²) < 4.78 is 0. The van der Waals surface area contributed by atoms with E-state index >= 15 is 0 Å². The highest BCUT2D eigenvalue weighted by Gasteiger charge is 2.26. The van der Waals surface area contributed by atoms with Crippen LogP contribution in [-0.2, 0) is 0 Å². The molecule has 0 bridgehead atoms. The fourth-order valence-corrected chi connectivity index (χ4v) is 1.43. The van der Waals surface area contributed by atoms with Crippen LogP contribution in [0.15, 0.2) is 0 Å². The molecule has 2 rings (SSSR count). The fraction of sp³-hybridized carbons (Fsp3) is 0.714. The minimum atomic E-state index is -0.256. The summed E-state index contributed by atoms with van der Waals surface area (Å²) in [5.74, 6) is 1.57. The standard InChI is InChI=1S/C7H12N4O/c1-4-9-7(11-10-4)6-2-5(12)3-8-6/h5-6,8,12H,2-3H2,1H3,(H,9,10,11)/t5?,6-/m0/s1. The Kier molecular flexibility index (Phi) is 1.82. The first-order valence-electron chi connectivity index (χ1n) is 4.06. The maximum Gasteiger partial charge on any atom is 0.167 e. The molecule has 3 N–H and O–H groups in total. The lowest BCUT2D eigenvalue weighted by Crippen LogP contribution is -2.15. The van der Waals surface area contributed by atoms with Gasteiger partial charge in [0.25, 0.3) is 0 Å². The molecule has 0 saturated carbocycles. The SMILES string of the molecule is Cc1nc([C@@H]2CC(O)CN2)n[nH]1. The van der Waals surface area contributed by atoms with Gasteiger partial charge in [-0.1, -0.05) is 0 Å². The Morgan fingerprint density at radius 3 is 2.92 bits per heavy atom. The van der Waals surface area contributed by atoms with Crippen molar-refractivity contribution in [1.29, 1.82) is 0 Å². The molecule has 1 saturated heterocycles. The molecule has 12 heavy (non-hydrogen) atoms. The van der Waals surface area contributed by atoms with Crippen molar-refractivity contribution >= 4 is 0 Å². The number of nitrogens with zero attached hydrogens (tertiary/aromatic N) is 2. The third kappa shape index (κ3) is 1.33. The Bertz CT molecular complexity index is 272. The predicted octanol–water partition coefficient (Wildman–Crippen LogP) is -0.492. The van der Waals surface area contributed by atoms with Crippen molar-refractivity contribution in [3.05, 3.63) is 11.6 Å². The molecule has 66 valence electrons. The monoisotopic (exact) mass is 168 g/mol. The van der Waals surface area contributed by atoms with Crippen molar-refractivity contribution in [3.63, 3.8) is 0 Å². The number of aliphatic hydroxyl groups excluding tert-OH is 1. The second-order valence-electron chi connectivity index (χ2n) is 3.13. The van der Waals surface area contributed by atoms with E-state index < -0.39 is 0 Å². The van der Waals surface area contributed by atoms with Crippen molar-refractivity contribution in [2.45, 2.75) is 25.5 Å². The Hall–Kier alpha value is -0.940. The summed E-state index contributed by atoms with van der Waals surface area (Å²) in [6.07, 6.45) is 0.450. The third-order valence-corrected chi connectivity index (χ3v) is 2.03. The summed E-state index contributed by atoms with van der Waals surface area (Å²) in [5, 5.41) is 19.2. The lowest BCUT2D eigenvalue weighted by atomic mass is 10.2. The van der Waals surface area contributed by atoms with Gasteiger partial charge in [-0.2, -0.15) is 5.10 Å². The summed E-state index contributed by atoms with van der Waals surface area (Å²) in [7, 11) is 0. The lowest BCUT2D eigenvalue weighted by molar-refractivity contribution is 0.193. The average Bonchev–Trinajstić information content (AvgIpc) is 2.58. The number of nitrogens with one attached hydrogen (secondary N) is 2. The number of β-amino-alcohol motifs (C(OH)–C–C–N with tert-alkyl or cyclic N) is 1. The highest BCUT2D eigenvalue weighted by molar-refractivity contribution is 4.99. The van der Waals surface area contributed by atoms with Crippen LogP contribution in [0.3, 0.4) is 0 Å². The van der Waals surface area contributed by atoms with E-state index in [0.29, 0.717) is 13.0 Å². The molecule has 0 aromatic carbocycles. The summed E-state index contributed by atoms with van der Waals surface area (Å²) in [4.78, 5) is 4.19. The van der Waals surface area contributed by atoms with Gasteiger partial charge in [-0.3, -0.25) is 5.10 Å². The molecular formula is C7H12N4O. The van der Waals surface area contributed by atoms with E-state index in [0.717, 1.165) is 11.6 Å². The maximum atomic E-state index is 9.24. The van der Waals surface area contributed by atoms with Crippen molar-refractivity contribution in [2.24, 2.45) is 0 Å². The van der Waals surface area contributed by atoms with E-state index in [1.807, 2.05) is 6.92 Å². The quantitative estimate of drug-likeness (QED) is 0.529. The van der Waals surface area contributed by atoms with E-state index in [1.165, 1.54) is 0 Å². The van der Waals surface area contributed by atoms with E-state index in [1.54, 1.807) is 0 Å². The minimum absolute atomic E-state index is 0.116. The summed E-state index contributed by atoms with van der Waals surface area (Å²) in [6.45, 7) is 2.50. The van der Waals surface area contributed by atoms with E-state index in [9.17, 15) is 5.11 Å². The summed E-state index contributed by atoms with van der Waals surface area (Å²) >= 11 is 0. The van der Waals surface area contributed by atoms with Crippen LogP contribution < -0.4 is 5.32 Å². The topological polar surface area (TPSA) is 73.8 Å². The van der Waals surface area contributed by atoms with Gasteiger partial charge < -0.3 is 10.4 Å². The Morgan fingerprint density at radius 2 is 2.42 bits per heavy atom. The Labute approximate surface area is 70.2 Å². The molecule has 1 aliphatic rings. The molecule has 1 fully saturated rings. The molecule has 0 aliphatic carbocycles. The van der Waals surface area contributed by atoms with Gasteiger partial charge in [0.2, 0.25) is 0 Å². The molecule has 1 aliphatic heterocycles. The number of hydrogen-bond donors (Lipinski definition) is 3. The molecule has 1 unspecified atom stereocenters. The molecule has 0 radical (unpaired) electrons. The second-order valence-corrected chi connectivity index (χ2v) is 3.13. The van der Waals surface area contributed by atoms with Crippen molar-refractivity contribution < 1.29 is 5.11 Å². The largest absolute Gasteiger partial charge is 0.392 e. The van der Waals surface area contributed by atoms with Crippen LogP contribution in [0.4, 0.5) is 0 Å². The van der Waals surface area contributed by atoms with Crippen LogP contribution in [0.2, 0.25) is 0 Å². The first-order chi connectivity index (χ1) is 5.75. The molecule has 1 aromatic rings. The van der Waals surface area contributed by atoms with Crippen molar-refractivity contribution in [3.8, 4) is 0 Å². The number of aromatic amines is 1. The molecule has 5 heteroatoms. The first-order valence-corrected chi connectivity index (χ1v) is 4.06. The van der Waals surface area contributed by atoms with Crippen molar-refractivity contribution in [1.82, 2.24) is 20.5 Å². The normalized spacial score (nSPS) is 29.5. The van der Waals surface area contributed by atoms with Gasteiger partial charge in [0, 0.05) is 6.54 Å². The molecule has 2 atom stereocenters. The first kappa shape index (κ1) is 7.70. The number of hydrogen-bond acceptors (Lipinski definition) is 4. The maximum absolute atomic E-state index is 9.24. The number of aromatic nitrogens is 3.